The summed E-state index contributed by atoms with van der Waals surface area (Å²) in [5.74, 6) is -0.0702. The lowest BCUT2D eigenvalue weighted by molar-refractivity contribution is -0.282. The molecule has 0 bridgehead atoms. The summed E-state index contributed by atoms with van der Waals surface area (Å²) in [5.41, 5.74) is 6.10. The lowest BCUT2D eigenvalue weighted by atomic mass is 10.0. The van der Waals surface area contributed by atoms with E-state index >= 15 is 0 Å². The summed E-state index contributed by atoms with van der Waals surface area (Å²) in [6, 6.07) is 21.7. The maximum absolute atomic E-state index is 13.3. The fourth-order valence-corrected chi connectivity index (χ4v) is 4.33. The first-order valence-corrected chi connectivity index (χ1v) is 11.1. The van der Waals surface area contributed by atoms with Gasteiger partial charge in [0.1, 0.15) is 6.61 Å². The topological polar surface area (TPSA) is 50.8 Å². The molecule has 0 saturated carbocycles. The van der Waals surface area contributed by atoms with Crippen LogP contribution in [0.3, 0.4) is 0 Å². The van der Waals surface area contributed by atoms with Crippen LogP contribution in [0.4, 0.5) is 5.69 Å². The Hall–Kier alpha value is -2.86. The Bertz CT molecular complexity index is 1080. The first kappa shape index (κ1) is 22.3. The van der Waals surface area contributed by atoms with Crippen LogP contribution in [0.5, 0.6) is 0 Å². The lowest BCUT2D eigenvalue weighted by Gasteiger charge is -2.23. The van der Waals surface area contributed by atoms with E-state index in [0.29, 0.717) is 12.2 Å². The molecule has 1 amide bonds. The molecular weight excluding hydrogens is 424 g/mol. The van der Waals surface area contributed by atoms with Gasteiger partial charge < -0.3 is 10.2 Å². The molecular formula is C26H27ClN2O3. The number of fused-ring (bicyclic) bond motifs is 1. The molecule has 4 rings (SSSR count). The molecule has 1 N–H and O–H groups in total. The van der Waals surface area contributed by atoms with Crippen LogP contribution in [0, 0.1) is 0 Å². The summed E-state index contributed by atoms with van der Waals surface area (Å²) in [4.78, 5) is 25.1. The van der Waals surface area contributed by atoms with Crippen molar-refractivity contribution in [1.82, 2.24) is 5.32 Å². The Morgan fingerprint density at radius 2 is 1.88 bits per heavy atom. The Morgan fingerprint density at radius 1 is 1.09 bits per heavy atom. The van der Waals surface area contributed by atoms with Crippen LogP contribution in [0.1, 0.15) is 45.6 Å². The van der Waals surface area contributed by atoms with Crippen molar-refractivity contribution in [3.63, 3.8) is 0 Å². The molecule has 1 atom stereocenters. The zero-order valence-corrected chi connectivity index (χ0v) is 19.1. The van der Waals surface area contributed by atoms with Crippen molar-refractivity contribution in [3.8, 4) is 0 Å². The standard InChI is InChI=1S/C26H27ClN2O3/c1-18(21-11-9-19(10-12-21)17-32-31-2)28-26(30)24-8-4-6-22-13-14-29(25(22)24)16-20-5-3-7-23(27)15-20/h3-12,15,18H,13-14,16-17H2,1-2H3,(H,28,30). The van der Waals surface area contributed by atoms with Crippen molar-refractivity contribution in [2.45, 2.75) is 32.5 Å². The highest BCUT2D eigenvalue weighted by Crippen LogP contribution is 2.33. The molecule has 0 radical (unpaired) electrons. The van der Waals surface area contributed by atoms with E-state index < -0.39 is 0 Å². The number of amides is 1. The third-order valence-electron chi connectivity index (χ3n) is 5.76. The van der Waals surface area contributed by atoms with Crippen molar-refractivity contribution in [2.75, 3.05) is 18.6 Å². The van der Waals surface area contributed by atoms with Crippen LogP contribution < -0.4 is 10.2 Å². The number of para-hydroxylation sites is 1. The highest BCUT2D eigenvalue weighted by Gasteiger charge is 2.26. The lowest BCUT2D eigenvalue weighted by Crippen LogP contribution is -2.29. The van der Waals surface area contributed by atoms with Gasteiger partial charge in [-0.1, -0.05) is 60.1 Å². The maximum Gasteiger partial charge on any atom is 0.253 e. The summed E-state index contributed by atoms with van der Waals surface area (Å²) in [6.45, 7) is 3.98. The Morgan fingerprint density at radius 3 is 2.62 bits per heavy atom. The molecule has 3 aromatic rings. The van der Waals surface area contributed by atoms with Crippen molar-refractivity contribution in [1.29, 1.82) is 0 Å². The Balaban J connectivity index is 1.49. The van der Waals surface area contributed by atoms with Gasteiger partial charge in [0.25, 0.3) is 5.91 Å². The van der Waals surface area contributed by atoms with Gasteiger partial charge in [0.15, 0.2) is 0 Å². The van der Waals surface area contributed by atoms with Crippen molar-refractivity contribution >= 4 is 23.2 Å². The number of carbonyl (C=O) groups is 1. The van der Waals surface area contributed by atoms with Gasteiger partial charge in [-0.25, -0.2) is 9.78 Å². The molecule has 6 heteroatoms. The van der Waals surface area contributed by atoms with E-state index in [0.717, 1.165) is 46.9 Å². The van der Waals surface area contributed by atoms with Crippen LogP contribution in [0.15, 0.2) is 66.7 Å². The molecule has 1 heterocycles. The van der Waals surface area contributed by atoms with Gasteiger partial charge in [-0.15, -0.1) is 0 Å². The molecule has 0 saturated heterocycles. The van der Waals surface area contributed by atoms with Gasteiger partial charge >= 0.3 is 0 Å². The van der Waals surface area contributed by atoms with E-state index in [-0.39, 0.29) is 11.9 Å². The average Bonchev–Trinajstić information content (AvgIpc) is 3.21. The molecule has 0 fully saturated rings. The van der Waals surface area contributed by atoms with E-state index in [2.05, 4.69) is 27.2 Å². The summed E-state index contributed by atoms with van der Waals surface area (Å²) in [5, 5.41) is 3.88. The SMILES string of the molecule is COOCc1ccc(C(C)NC(=O)c2cccc3c2N(Cc2cccc(Cl)c2)CC3)cc1. The number of nitrogens with one attached hydrogen (secondary N) is 1. The summed E-state index contributed by atoms with van der Waals surface area (Å²) >= 11 is 6.17. The van der Waals surface area contributed by atoms with E-state index in [4.69, 9.17) is 16.5 Å². The molecule has 0 spiro atoms. The van der Waals surface area contributed by atoms with Crippen molar-refractivity contribution in [3.05, 3.63) is 99.6 Å². The Labute approximate surface area is 193 Å². The zero-order chi connectivity index (χ0) is 22.5. The van der Waals surface area contributed by atoms with Gasteiger partial charge in [0.2, 0.25) is 0 Å². The maximum atomic E-state index is 13.3. The van der Waals surface area contributed by atoms with Gasteiger partial charge in [0.05, 0.1) is 24.4 Å². The summed E-state index contributed by atoms with van der Waals surface area (Å²) in [7, 11) is 1.49. The van der Waals surface area contributed by atoms with E-state index in [9.17, 15) is 4.79 Å². The predicted octanol–water partition coefficient (Wildman–Crippen LogP) is 5.47. The van der Waals surface area contributed by atoms with Gasteiger partial charge in [-0.3, -0.25) is 4.79 Å². The largest absolute Gasteiger partial charge is 0.366 e. The average molecular weight is 451 g/mol. The van der Waals surface area contributed by atoms with E-state index in [1.807, 2.05) is 61.5 Å². The fourth-order valence-electron chi connectivity index (χ4n) is 4.12. The van der Waals surface area contributed by atoms with Crippen molar-refractivity contribution in [2.24, 2.45) is 0 Å². The summed E-state index contributed by atoms with van der Waals surface area (Å²) in [6.07, 6.45) is 0.928. The molecule has 5 nitrogen and oxygen atoms in total. The number of hydrogen-bond donors (Lipinski definition) is 1. The molecule has 3 aromatic carbocycles. The first-order chi connectivity index (χ1) is 15.5. The van der Waals surface area contributed by atoms with Gasteiger partial charge in [0, 0.05) is 18.1 Å². The second kappa shape index (κ2) is 10.2. The first-order valence-electron chi connectivity index (χ1n) is 10.7. The number of nitrogens with zero attached hydrogens (tertiary/aromatic N) is 1. The zero-order valence-electron chi connectivity index (χ0n) is 18.3. The molecule has 0 aliphatic carbocycles. The third kappa shape index (κ3) is 5.13. The van der Waals surface area contributed by atoms with Crippen LogP contribution in [-0.4, -0.2) is 19.6 Å². The highest BCUT2D eigenvalue weighted by atomic mass is 35.5. The molecule has 32 heavy (non-hydrogen) atoms. The second-order valence-corrected chi connectivity index (χ2v) is 8.42. The molecule has 1 unspecified atom stereocenters. The molecule has 1 aliphatic heterocycles. The number of hydrogen-bond acceptors (Lipinski definition) is 4. The minimum Gasteiger partial charge on any atom is -0.366 e. The highest BCUT2D eigenvalue weighted by molar-refractivity contribution is 6.30. The minimum absolute atomic E-state index is 0.0702. The number of halogens is 1. The van der Waals surface area contributed by atoms with Crippen LogP contribution in [0.25, 0.3) is 0 Å². The molecule has 1 aliphatic rings. The Kier molecular flexibility index (Phi) is 7.10. The molecule has 166 valence electrons. The second-order valence-electron chi connectivity index (χ2n) is 7.98. The quantitative estimate of drug-likeness (QED) is 0.365. The van der Waals surface area contributed by atoms with Gasteiger partial charge in [-0.05, 0) is 53.8 Å². The van der Waals surface area contributed by atoms with Crippen LogP contribution in [-0.2, 0) is 29.3 Å². The van der Waals surface area contributed by atoms with Gasteiger partial charge in [-0.2, -0.15) is 0 Å². The van der Waals surface area contributed by atoms with Crippen molar-refractivity contribution < 1.29 is 14.6 Å². The molecule has 0 aromatic heterocycles. The van der Waals surface area contributed by atoms with E-state index in [1.54, 1.807) is 0 Å². The summed E-state index contributed by atoms with van der Waals surface area (Å²) < 4.78 is 0. The monoisotopic (exact) mass is 450 g/mol. The fraction of sp³-hybridized carbons (Fsp3) is 0.269. The number of carbonyl (C=O) groups excluding carboxylic acids is 1. The van der Waals surface area contributed by atoms with Crippen LogP contribution >= 0.6 is 11.6 Å². The number of rotatable bonds is 8. The third-order valence-corrected chi connectivity index (χ3v) is 6.00. The predicted molar refractivity (Wildman–Crippen MR) is 127 cm³/mol. The van der Waals surface area contributed by atoms with E-state index in [1.165, 1.54) is 12.7 Å². The normalized spacial score (nSPS) is 13.7. The smallest absolute Gasteiger partial charge is 0.253 e. The van der Waals surface area contributed by atoms with Crippen LogP contribution in [0.2, 0.25) is 5.02 Å². The number of anilines is 1. The minimum atomic E-state index is -0.126. The number of benzene rings is 3.